The first-order valence-electron chi connectivity index (χ1n) is 6.02. The molecule has 0 bridgehead atoms. The highest BCUT2D eigenvalue weighted by atomic mass is 14.9. The van der Waals surface area contributed by atoms with Gasteiger partial charge in [0.2, 0.25) is 0 Å². The van der Waals surface area contributed by atoms with Crippen LogP contribution in [0.15, 0.2) is 12.4 Å². The Morgan fingerprint density at radius 1 is 1.13 bits per heavy atom. The van der Waals surface area contributed by atoms with E-state index in [0.29, 0.717) is 0 Å². The van der Waals surface area contributed by atoms with Gasteiger partial charge in [0.1, 0.15) is 5.82 Å². The maximum absolute atomic E-state index is 4.31. The van der Waals surface area contributed by atoms with Crippen LogP contribution in [-0.4, -0.2) is 9.97 Å². The molecule has 0 saturated heterocycles. The summed E-state index contributed by atoms with van der Waals surface area (Å²) in [4.78, 5) is 8.62. The highest BCUT2D eigenvalue weighted by Gasteiger charge is 1.99. The van der Waals surface area contributed by atoms with Gasteiger partial charge in [-0.1, -0.05) is 34.6 Å². The van der Waals surface area contributed by atoms with Crippen molar-refractivity contribution in [3.8, 4) is 0 Å². The molecule has 1 aromatic heterocycles. The van der Waals surface area contributed by atoms with Crippen LogP contribution in [0.4, 0.5) is 0 Å². The molecular formula is C13H24N2. The SMILES string of the molecule is CC.CCc1cnc(CCC(C)C)nc1. The van der Waals surface area contributed by atoms with E-state index in [4.69, 9.17) is 0 Å². The van der Waals surface area contributed by atoms with E-state index in [2.05, 4.69) is 30.7 Å². The Hall–Kier alpha value is -0.920. The average Bonchev–Trinajstić information content (AvgIpc) is 2.30. The van der Waals surface area contributed by atoms with E-state index in [1.807, 2.05) is 26.2 Å². The molecule has 0 atom stereocenters. The second kappa shape index (κ2) is 8.39. The Labute approximate surface area is 94.2 Å². The van der Waals surface area contributed by atoms with Crippen molar-refractivity contribution in [3.05, 3.63) is 23.8 Å². The van der Waals surface area contributed by atoms with E-state index in [9.17, 15) is 0 Å². The number of aromatic nitrogens is 2. The Bertz CT molecular complexity index is 239. The van der Waals surface area contributed by atoms with Crippen LogP contribution in [-0.2, 0) is 12.8 Å². The van der Waals surface area contributed by atoms with E-state index >= 15 is 0 Å². The number of hydrogen-bond acceptors (Lipinski definition) is 2. The molecule has 15 heavy (non-hydrogen) atoms. The molecule has 0 fully saturated rings. The summed E-state index contributed by atoms with van der Waals surface area (Å²) in [6.45, 7) is 10.6. The van der Waals surface area contributed by atoms with Crippen LogP contribution in [0.25, 0.3) is 0 Å². The summed E-state index contributed by atoms with van der Waals surface area (Å²) >= 11 is 0. The van der Waals surface area contributed by atoms with Crippen molar-refractivity contribution in [2.75, 3.05) is 0 Å². The Morgan fingerprint density at radius 2 is 1.67 bits per heavy atom. The molecule has 1 aromatic rings. The van der Waals surface area contributed by atoms with Crippen LogP contribution >= 0.6 is 0 Å². The molecule has 1 rings (SSSR count). The predicted octanol–water partition coefficient (Wildman–Crippen LogP) is 3.65. The summed E-state index contributed by atoms with van der Waals surface area (Å²) in [5.74, 6) is 1.71. The summed E-state index contributed by atoms with van der Waals surface area (Å²) in [5, 5.41) is 0. The zero-order valence-corrected chi connectivity index (χ0v) is 10.7. The first-order valence-corrected chi connectivity index (χ1v) is 6.02. The van der Waals surface area contributed by atoms with Gasteiger partial charge in [-0.15, -0.1) is 0 Å². The molecule has 0 aromatic carbocycles. The molecule has 0 aliphatic heterocycles. The quantitative estimate of drug-likeness (QED) is 0.754. The Morgan fingerprint density at radius 3 is 2.07 bits per heavy atom. The van der Waals surface area contributed by atoms with Crippen molar-refractivity contribution in [2.24, 2.45) is 5.92 Å². The molecule has 0 unspecified atom stereocenters. The Kier molecular flexibility index (Phi) is 7.88. The fourth-order valence-electron chi connectivity index (χ4n) is 1.11. The van der Waals surface area contributed by atoms with E-state index in [-0.39, 0.29) is 0 Å². The van der Waals surface area contributed by atoms with Gasteiger partial charge in [-0.05, 0) is 24.3 Å². The molecule has 1 heterocycles. The molecule has 0 amide bonds. The lowest BCUT2D eigenvalue weighted by molar-refractivity contribution is 0.574. The van der Waals surface area contributed by atoms with Crippen LogP contribution in [0.5, 0.6) is 0 Å². The normalized spacial score (nSPS) is 9.73. The largest absolute Gasteiger partial charge is 0.241 e. The monoisotopic (exact) mass is 208 g/mol. The molecule has 0 spiro atoms. The zero-order chi connectivity index (χ0) is 11.7. The van der Waals surface area contributed by atoms with Crippen molar-refractivity contribution in [2.45, 2.75) is 53.9 Å². The van der Waals surface area contributed by atoms with Gasteiger partial charge < -0.3 is 0 Å². The maximum atomic E-state index is 4.31. The van der Waals surface area contributed by atoms with Gasteiger partial charge in [0.15, 0.2) is 0 Å². The van der Waals surface area contributed by atoms with Crippen LogP contribution in [0.2, 0.25) is 0 Å². The predicted molar refractivity (Wildman–Crippen MR) is 65.9 cm³/mol. The molecule has 0 aliphatic rings. The smallest absolute Gasteiger partial charge is 0.128 e. The standard InChI is InChI=1S/C11H18N2.C2H6/c1-4-10-7-12-11(13-8-10)6-5-9(2)3;1-2/h7-9H,4-6H2,1-3H3;1-2H3. The molecule has 86 valence electrons. The molecule has 0 N–H and O–H groups in total. The minimum absolute atomic E-state index is 0.731. The molecule has 0 aliphatic carbocycles. The number of aryl methyl sites for hydroxylation is 2. The van der Waals surface area contributed by atoms with E-state index in [1.165, 1.54) is 12.0 Å². The second-order valence-corrected chi connectivity index (χ2v) is 3.79. The van der Waals surface area contributed by atoms with Gasteiger partial charge >= 0.3 is 0 Å². The van der Waals surface area contributed by atoms with Gasteiger partial charge in [0.05, 0.1) is 0 Å². The highest BCUT2D eigenvalue weighted by molar-refractivity contribution is 5.04. The van der Waals surface area contributed by atoms with Gasteiger partial charge in [-0.25, -0.2) is 9.97 Å². The van der Waals surface area contributed by atoms with Crippen LogP contribution in [0, 0.1) is 5.92 Å². The van der Waals surface area contributed by atoms with E-state index < -0.39 is 0 Å². The molecular weight excluding hydrogens is 184 g/mol. The maximum Gasteiger partial charge on any atom is 0.128 e. The number of hydrogen-bond donors (Lipinski definition) is 0. The van der Waals surface area contributed by atoms with Crippen LogP contribution in [0.1, 0.15) is 52.4 Å². The summed E-state index contributed by atoms with van der Waals surface area (Å²) in [7, 11) is 0. The summed E-state index contributed by atoms with van der Waals surface area (Å²) in [6.07, 6.45) is 7.06. The topological polar surface area (TPSA) is 25.8 Å². The lowest BCUT2D eigenvalue weighted by atomic mass is 10.1. The highest BCUT2D eigenvalue weighted by Crippen LogP contribution is 2.05. The van der Waals surface area contributed by atoms with Crippen molar-refractivity contribution in [1.82, 2.24) is 9.97 Å². The van der Waals surface area contributed by atoms with Crippen molar-refractivity contribution in [1.29, 1.82) is 0 Å². The van der Waals surface area contributed by atoms with E-state index in [1.54, 1.807) is 0 Å². The summed E-state index contributed by atoms with van der Waals surface area (Å²) < 4.78 is 0. The van der Waals surface area contributed by atoms with Crippen molar-refractivity contribution in [3.63, 3.8) is 0 Å². The third-order valence-corrected chi connectivity index (χ3v) is 2.11. The van der Waals surface area contributed by atoms with Crippen LogP contribution in [0.3, 0.4) is 0 Å². The van der Waals surface area contributed by atoms with Gasteiger partial charge in [-0.2, -0.15) is 0 Å². The van der Waals surface area contributed by atoms with Crippen LogP contribution < -0.4 is 0 Å². The Balaban J connectivity index is 0.000000921. The average molecular weight is 208 g/mol. The molecule has 2 nitrogen and oxygen atoms in total. The van der Waals surface area contributed by atoms with Gasteiger partial charge in [-0.3, -0.25) is 0 Å². The first kappa shape index (κ1) is 14.1. The number of nitrogens with zero attached hydrogens (tertiary/aromatic N) is 2. The van der Waals surface area contributed by atoms with Crippen molar-refractivity contribution < 1.29 is 0 Å². The lowest BCUT2D eigenvalue weighted by Gasteiger charge is -2.03. The number of rotatable bonds is 4. The van der Waals surface area contributed by atoms with Gasteiger partial charge in [0.25, 0.3) is 0 Å². The third kappa shape index (κ3) is 6.21. The fourth-order valence-corrected chi connectivity index (χ4v) is 1.11. The van der Waals surface area contributed by atoms with Crippen molar-refractivity contribution >= 4 is 0 Å². The molecule has 0 radical (unpaired) electrons. The van der Waals surface area contributed by atoms with Gasteiger partial charge in [0, 0.05) is 18.8 Å². The summed E-state index contributed by atoms with van der Waals surface area (Å²) in [5.41, 5.74) is 1.22. The third-order valence-electron chi connectivity index (χ3n) is 2.11. The second-order valence-electron chi connectivity index (χ2n) is 3.79. The fraction of sp³-hybridized carbons (Fsp3) is 0.692. The first-order chi connectivity index (χ1) is 7.22. The minimum atomic E-state index is 0.731. The molecule has 2 heteroatoms. The molecule has 0 saturated carbocycles. The van der Waals surface area contributed by atoms with E-state index in [0.717, 1.165) is 24.6 Å². The lowest BCUT2D eigenvalue weighted by Crippen LogP contribution is -1.98. The minimum Gasteiger partial charge on any atom is -0.241 e. The zero-order valence-electron chi connectivity index (χ0n) is 10.7. The summed E-state index contributed by atoms with van der Waals surface area (Å²) in [6, 6.07) is 0.